The lowest BCUT2D eigenvalue weighted by Gasteiger charge is -2.30. The summed E-state index contributed by atoms with van der Waals surface area (Å²) in [7, 11) is 3.51. The Balaban J connectivity index is 2.06. The van der Waals surface area contributed by atoms with Crippen molar-refractivity contribution in [3.05, 3.63) is 69.7 Å². The quantitative estimate of drug-likeness (QED) is 0.684. The summed E-state index contributed by atoms with van der Waals surface area (Å²) in [5.74, 6) is 0.294. The molecule has 0 saturated heterocycles. The standard InChI is InChI=1S/C21H23N5O3/c1-4-5-11-15-18(27)25(12-14-9-7-6-8-10-14)21-22-17-16(26(21)19(15)28)20(29)24(3)13-23(17)2/h4-10,27H,11-13H2,1-3H3/b5-4+. The molecule has 1 aliphatic heterocycles. The van der Waals surface area contributed by atoms with E-state index >= 15 is 0 Å². The summed E-state index contributed by atoms with van der Waals surface area (Å²) >= 11 is 0. The molecule has 1 aromatic carbocycles. The molecule has 0 bridgehead atoms. The first-order chi connectivity index (χ1) is 13.9. The van der Waals surface area contributed by atoms with E-state index in [9.17, 15) is 14.7 Å². The third kappa shape index (κ3) is 2.97. The van der Waals surface area contributed by atoms with Crippen molar-refractivity contribution >= 4 is 17.5 Å². The Kier molecular flexibility index (Phi) is 4.62. The van der Waals surface area contributed by atoms with E-state index in [1.807, 2.05) is 55.3 Å². The second-order valence-corrected chi connectivity index (χ2v) is 7.21. The Morgan fingerprint density at radius 3 is 2.55 bits per heavy atom. The number of anilines is 1. The minimum atomic E-state index is -0.425. The minimum Gasteiger partial charge on any atom is -0.494 e. The van der Waals surface area contributed by atoms with Crippen molar-refractivity contribution in [2.24, 2.45) is 0 Å². The van der Waals surface area contributed by atoms with Gasteiger partial charge in [0.15, 0.2) is 11.5 Å². The van der Waals surface area contributed by atoms with E-state index in [2.05, 4.69) is 4.98 Å². The highest BCUT2D eigenvalue weighted by molar-refractivity contribution is 6.00. The van der Waals surface area contributed by atoms with Crippen molar-refractivity contribution in [3.63, 3.8) is 0 Å². The zero-order valence-electron chi connectivity index (χ0n) is 16.7. The molecule has 0 saturated carbocycles. The Hall–Kier alpha value is -3.55. The van der Waals surface area contributed by atoms with Crippen molar-refractivity contribution in [2.45, 2.75) is 19.9 Å². The number of carbonyl (C=O) groups excluding carboxylic acids is 1. The normalized spacial score (nSPS) is 14.2. The fraction of sp³-hybridized carbons (Fsp3) is 0.286. The SMILES string of the molecule is C/C=C/Cc1c(O)n(Cc2ccccc2)c2nc3c(n2c1=O)C(=O)N(C)CN3C. The van der Waals surface area contributed by atoms with Gasteiger partial charge in [0.2, 0.25) is 11.7 Å². The van der Waals surface area contributed by atoms with E-state index in [0.29, 0.717) is 19.0 Å². The van der Waals surface area contributed by atoms with Crippen LogP contribution in [0, 0.1) is 0 Å². The Labute approximate surface area is 167 Å². The van der Waals surface area contributed by atoms with Gasteiger partial charge in [0.25, 0.3) is 11.5 Å². The first kappa shape index (κ1) is 18.8. The predicted molar refractivity (Wildman–Crippen MR) is 111 cm³/mol. The monoisotopic (exact) mass is 393 g/mol. The van der Waals surface area contributed by atoms with Gasteiger partial charge in [-0.25, -0.2) is 4.40 Å². The number of aromatic hydroxyl groups is 1. The molecule has 0 fully saturated rings. The van der Waals surface area contributed by atoms with Gasteiger partial charge in [0.05, 0.1) is 18.8 Å². The van der Waals surface area contributed by atoms with Crippen molar-refractivity contribution < 1.29 is 9.90 Å². The highest BCUT2D eigenvalue weighted by atomic mass is 16.3. The summed E-state index contributed by atoms with van der Waals surface area (Å²) in [6, 6.07) is 9.62. The molecule has 1 N–H and O–H groups in total. The van der Waals surface area contributed by atoms with Gasteiger partial charge in [-0.2, -0.15) is 4.98 Å². The van der Waals surface area contributed by atoms with Crippen LogP contribution in [0.25, 0.3) is 5.78 Å². The maximum absolute atomic E-state index is 13.3. The lowest BCUT2D eigenvalue weighted by Crippen LogP contribution is -2.43. The average Bonchev–Trinajstić information content (AvgIpc) is 3.12. The molecule has 3 aromatic rings. The van der Waals surface area contributed by atoms with E-state index in [-0.39, 0.29) is 35.2 Å². The van der Waals surface area contributed by atoms with Gasteiger partial charge >= 0.3 is 0 Å². The van der Waals surface area contributed by atoms with Crippen LogP contribution < -0.4 is 10.5 Å². The molecular formula is C21H23N5O3. The smallest absolute Gasteiger partial charge is 0.276 e. The van der Waals surface area contributed by atoms with E-state index in [1.54, 1.807) is 17.7 Å². The molecule has 0 radical (unpaired) electrons. The minimum absolute atomic E-state index is 0.129. The fourth-order valence-electron chi connectivity index (χ4n) is 3.67. The molecule has 3 heterocycles. The van der Waals surface area contributed by atoms with Gasteiger partial charge in [0.1, 0.15) is 0 Å². The number of hydrogen-bond acceptors (Lipinski definition) is 5. The second kappa shape index (κ2) is 7.12. The van der Waals surface area contributed by atoms with Gasteiger partial charge in [-0.3, -0.25) is 14.2 Å². The molecule has 29 heavy (non-hydrogen) atoms. The van der Waals surface area contributed by atoms with E-state index in [0.717, 1.165) is 5.56 Å². The number of benzene rings is 1. The average molecular weight is 393 g/mol. The van der Waals surface area contributed by atoms with Crippen molar-refractivity contribution in [3.8, 4) is 5.88 Å². The Morgan fingerprint density at radius 2 is 1.86 bits per heavy atom. The summed E-state index contributed by atoms with van der Waals surface area (Å²) < 4.78 is 2.93. The van der Waals surface area contributed by atoms with Gasteiger partial charge in [-0.1, -0.05) is 42.5 Å². The topological polar surface area (TPSA) is 83.1 Å². The zero-order valence-corrected chi connectivity index (χ0v) is 16.7. The first-order valence-corrected chi connectivity index (χ1v) is 9.42. The van der Waals surface area contributed by atoms with Crippen molar-refractivity contribution in [2.75, 3.05) is 25.7 Å². The number of imidazole rings is 1. The molecule has 2 aromatic heterocycles. The lowest BCUT2D eigenvalue weighted by molar-refractivity contribution is 0.0777. The largest absolute Gasteiger partial charge is 0.494 e. The number of carbonyl (C=O) groups is 1. The molecule has 0 unspecified atom stereocenters. The van der Waals surface area contributed by atoms with Crippen LogP contribution in [-0.4, -0.2) is 50.6 Å². The Bertz CT molecular complexity index is 1180. The lowest BCUT2D eigenvalue weighted by atomic mass is 10.2. The number of nitrogens with zero attached hydrogens (tertiary/aromatic N) is 5. The predicted octanol–water partition coefficient (Wildman–Crippen LogP) is 1.85. The molecule has 8 nitrogen and oxygen atoms in total. The summed E-state index contributed by atoms with van der Waals surface area (Å²) in [5.41, 5.74) is 0.981. The van der Waals surface area contributed by atoms with Crippen molar-refractivity contribution in [1.29, 1.82) is 0 Å². The number of aromatic nitrogens is 3. The molecule has 1 aliphatic rings. The van der Waals surface area contributed by atoms with Gasteiger partial charge in [-0.05, 0) is 12.5 Å². The highest BCUT2D eigenvalue weighted by Gasteiger charge is 2.33. The third-order valence-electron chi connectivity index (χ3n) is 5.15. The van der Waals surface area contributed by atoms with E-state index < -0.39 is 5.56 Å². The Morgan fingerprint density at radius 1 is 1.14 bits per heavy atom. The third-order valence-corrected chi connectivity index (χ3v) is 5.15. The van der Waals surface area contributed by atoms with Crippen molar-refractivity contribution in [1.82, 2.24) is 18.9 Å². The van der Waals surface area contributed by atoms with E-state index in [4.69, 9.17) is 0 Å². The first-order valence-electron chi connectivity index (χ1n) is 9.42. The van der Waals surface area contributed by atoms with Crippen LogP contribution >= 0.6 is 0 Å². The van der Waals surface area contributed by atoms with Crippen LogP contribution in [0.5, 0.6) is 5.88 Å². The molecular weight excluding hydrogens is 370 g/mol. The van der Waals surface area contributed by atoms with Crippen LogP contribution in [0.4, 0.5) is 5.82 Å². The number of hydrogen-bond donors (Lipinski definition) is 1. The maximum Gasteiger partial charge on any atom is 0.276 e. The van der Waals surface area contributed by atoms with Gasteiger partial charge in [-0.15, -0.1) is 0 Å². The zero-order chi connectivity index (χ0) is 20.7. The summed E-state index contributed by atoms with van der Waals surface area (Å²) in [4.78, 5) is 34.1. The van der Waals surface area contributed by atoms with Crippen LogP contribution in [0.3, 0.4) is 0 Å². The maximum atomic E-state index is 13.3. The molecule has 4 rings (SSSR count). The molecule has 150 valence electrons. The molecule has 8 heteroatoms. The van der Waals surface area contributed by atoms with Gasteiger partial charge < -0.3 is 14.9 Å². The molecule has 0 spiro atoms. The number of amides is 1. The van der Waals surface area contributed by atoms with Crippen LogP contribution in [0.2, 0.25) is 0 Å². The second-order valence-electron chi connectivity index (χ2n) is 7.21. The molecule has 1 amide bonds. The molecule has 0 atom stereocenters. The van der Waals surface area contributed by atoms with Crippen LogP contribution in [-0.2, 0) is 13.0 Å². The highest BCUT2D eigenvalue weighted by Crippen LogP contribution is 2.28. The summed E-state index contributed by atoms with van der Waals surface area (Å²) in [5, 5.41) is 11.0. The fourth-order valence-corrected chi connectivity index (χ4v) is 3.67. The van der Waals surface area contributed by atoms with E-state index in [1.165, 1.54) is 9.30 Å². The van der Waals surface area contributed by atoms with Gasteiger partial charge in [0, 0.05) is 20.5 Å². The van der Waals surface area contributed by atoms with Crippen LogP contribution in [0.1, 0.15) is 28.5 Å². The number of allylic oxidation sites excluding steroid dienone is 2. The van der Waals surface area contributed by atoms with Crippen LogP contribution in [0.15, 0.2) is 47.3 Å². The summed E-state index contributed by atoms with van der Waals surface area (Å²) in [6.07, 6.45) is 3.89. The number of fused-ring (bicyclic) bond motifs is 3. The molecule has 0 aliphatic carbocycles. The summed E-state index contributed by atoms with van der Waals surface area (Å²) in [6.45, 7) is 2.55. The number of rotatable bonds is 4.